The van der Waals surface area contributed by atoms with Crippen molar-refractivity contribution in [3.63, 3.8) is 0 Å². The van der Waals surface area contributed by atoms with E-state index in [9.17, 15) is 0 Å². The molecule has 0 radical (unpaired) electrons. The molecule has 8 aromatic rings. The maximum Gasteiger partial charge on any atom is 0.227 e. The minimum Gasteiger partial charge on any atom is -0.435 e. The summed E-state index contributed by atoms with van der Waals surface area (Å²) in [7, 11) is 0. The number of rotatable bonds is 2. The molecule has 1 aliphatic carbocycles. The van der Waals surface area contributed by atoms with Gasteiger partial charge in [0.2, 0.25) is 5.89 Å². The van der Waals surface area contributed by atoms with Gasteiger partial charge in [-0.2, -0.15) is 0 Å². The second-order valence-electron chi connectivity index (χ2n) is 9.99. The van der Waals surface area contributed by atoms with E-state index < -0.39 is 0 Å². The summed E-state index contributed by atoms with van der Waals surface area (Å²) in [5.41, 5.74) is 7.67. The Hall–Kier alpha value is -5.15. The van der Waals surface area contributed by atoms with E-state index >= 15 is 0 Å². The van der Waals surface area contributed by atoms with Crippen molar-refractivity contribution in [1.29, 1.82) is 0 Å². The second kappa shape index (κ2) is 7.21. The molecule has 0 aliphatic heterocycles. The molecule has 0 unspecified atom stereocenters. The van der Waals surface area contributed by atoms with Gasteiger partial charge >= 0.3 is 0 Å². The third-order valence-electron chi connectivity index (χ3n) is 7.93. The van der Waals surface area contributed by atoms with Gasteiger partial charge in [-0.15, -0.1) is 0 Å². The van der Waals surface area contributed by atoms with E-state index in [2.05, 4.69) is 95.6 Å². The standard InChI is InChI=1S/C35H20N2O/c1-2-10-22(11-3-1)35-36-33-27-15-8-12-23-19-24(20-28(31(23)27)34(33)38-35)37-29-16-7-6-14-26(29)32-25-13-5-4-9-21(25)17-18-30(32)37/h1-20H. The molecule has 0 atom stereocenters. The lowest BCUT2D eigenvalue weighted by Gasteiger charge is -2.12. The maximum absolute atomic E-state index is 6.47. The highest BCUT2D eigenvalue weighted by Gasteiger charge is 2.29. The number of oxazole rings is 1. The summed E-state index contributed by atoms with van der Waals surface area (Å²) in [6.45, 7) is 0. The number of hydrogen-bond acceptors (Lipinski definition) is 2. The van der Waals surface area contributed by atoms with Crippen molar-refractivity contribution < 1.29 is 4.42 Å². The molecule has 0 saturated heterocycles. The van der Waals surface area contributed by atoms with Gasteiger partial charge in [-0.1, -0.05) is 84.9 Å². The average molecular weight is 485 g/mol. The van der Waals surface area contributed by atoms with E-state index in [0.29, 0.717) is 5.89 Å². The number of fused-ring (bicyclic) bond motifs is 8. The highest BCUT2D eigenvalue weighted by molar-refractivity contribution is 6.22. The molecule has 0 N–H and O–H groups in total. The van der Waals surface area contributed by atoms with Crippen molar-refractivity contribution in [2.45, 2.75) is 0 Å². The summed E-state index contributed by atoms with van der Waals surface area (Å²) >= 11 is 0. The first-order valence-corrected chi connectivity index (χ1v) is 12.9. The van der Waals surface area contributed by atoms with E-state index in [4.69, 9.17) is 9.40 Å². The molecule has 9 rings (SSSR count). The predicted octanol–water partition coefficient (Wildman–Crippen LogP) is 9.39. The van der Waals surface area contributed by atoms with Crippen LogP contribution in [0.15, 0.2) is 126 Å². The van der Waals surface area contributed by atoms with Crippen LogP contribution in [0.1, 0.15) is 0 Å². The van der Waals surface area contributed by atoms with E-state index in [0.717, 1.165) is 33.8 Å². The highest BCUT2D eigenvalue weighted by Crippen LogP contribution is 2.50. The number of nitrogens with zero attached hydrogens (tertiary/aromatic N) is 2. The van der Waals surface area contributed by atoms with Crippen molar-refractivity contribution in [3.8, 4) is 39.7 Å². The smallest absolute Gasteiger partial charge is 0.227 e. The Morgan fingerprint density at radius 1 is 0.553 bits per heavy atom. The molecule has 3 nitrogen and oxygen atoms in total. The number of hydrogen-bond donors (Lipinski definition) is 0. The van der Waals surface area contributed by atoms with Crippen LogP contribution in [0.4, 0.5) is 0 Å². The summed E-state index contributed by atoms with van der Waals surface area (Å²) in [5.74, 6) is 1.51. The molecule has 6 aromatic carbocycles. The van der Waals surface area contributed by atoms with E-state index in [1.54, 1.807) is 0 Å². The first-order valence-electron chi connectivity index (χ1n) is 12.9. The third kappa shape index (κ3) is 2.55. The topological polar surface area (TPSA) is 31.0 Å². The molecule has 176 valence electrons. The molecule has 3 heteroatoms. The van der Waals surface area contributed by atoms with Crippen molar-refractivity contribution in [3.05, 3.63) is 121 Å². The lowest BCUT2D eigenvalue weighted by atomic mass is 10.0. The Morgan fingerprint density at radius 2 is 1.34 bits per heavy atom. The predicted molar refractivity (Wildman–Crippen MR) is 156 cm³/mol. The summed E-state index contributed by atoms with van der Waals surface area (Å²) in [4.78, 5) is 4.95. The Morgan fingerprint density at radius 3 is 2.26 bits per heavy atom. The van der Waals surface area contributed by atoms with Gasteiger partial charge in [0.25, 0.3) is 0 Å². The monoisotopic (exact) mass is 484 g/mol. The van der Waals surface area contributed by atoms with Crippen molar-refractivity contribution >= 4 is 43.4 Å². The van der Waals surface area contributed by atoms with Crippen molar-refractivity contribution in [1.82, 2.24) is 9.55 Å². The Kier molecular flexibility index (Phi) is 3.79. The molecule has 0 bridgehead atoms. The summed E-state index contributed by atoms with van der Waals surface area (Å²) < 4.78 is 8.86. The molecule has 0 amide bonds. The fourth-order valence-corrected chi connectivity index (χ4v) is 6.32. The summed E-state index contributed by atoms with van der Waals surface area (Å²) in [6, 6.07) is 43.0. The van der Waals surface area contributed by atoms with Crippen LogP contribution in [-0.4, -0.2) is 9.55 Å². The first kappa shape index (κ1) is 20.0. The minimum atomic E-state index is 0.659. The molecular formula is C35H20N2O. The van der Waals surface area contributed by atoms with Gasteiger partial charge in [0.1, 0.15) is 5.69 Å². The quantitative estimate of drug-likeness (QED) is 0.245. The van der Waals surface area contributed by atoms with Crippen LogP contribution in [0.3, 0.4) is 0 Å². The molecule has 0 fully saturated rings. The second-order valence-corrected chi connectivity index (χ2v) is 9.99. The zero-order chi connectivity index (χ0) is 24.8. The zero-order valence-corrected chi connectivity index (χ0v) is 20.3. The molecule has 0 spiro atoms. The lowest BCUT2D eigenvalue weighted by molar-refractivity contribution is 0.590. The zero-order valence-electron chi connectivity index (χ0n) is 20.3. The fraction of sp³-hybridized carbons (Fsp3) is 0. The largest absolute Gasteiger partial charge is 0.435 e. The van der Waals surface area contributed by atoms with E-state index in [1.807, 2.05) is 30.3 Å². The van der Waals surface area contributed by atoms with Gasteiger partial charge in [0.15, 0.2) is 5.76 Å². The van der Waals surface area contributed by atoms with E-state index in [1.165, 1.54) is 43.4 Å². The van der Waals surface area contributed by atoms with Gasteiger partial charge in [0, 0.05) is 38.5 Å². The van der Waals surface area contributed by atoms with Gasteiger partial charge in [-0.05, 0) is 52.6 Å². The van der Waals surface area contributed by atoms with Crippen molar-refractivity contribution in [2.75, 3.05) is 0 Å². The lowest BCUT2D eigenvalue weighted by Crippen LogP contribution is -1.94. The normalized spacial score (nSPS) is 12.2. The van der Waals surface area contributed by atoms with Crippen LogP contribution in [0.2, 0.25) is 0 Å². The van der Waals surface area contributed by atoms with Crippen LogP contribution >= 0.6 is 0 Å². The Labute approximate surface area is 218 Å². The number of benzene rings is 6. The van der Waals surface area contributed by atoms with Gasteiger partial charge < -0.3 is 8.98 Å². The molecule has 2 heterocycles. The van der Waals surface area contributed by atoms with Crippen LogP contribution in [-0.2, 0) is 0 Å². The van der Waals surface area contributed by atoms with Crippen molar-refractivity contribution in [2.24, 2.45) is 0 Å². The molecular weight excluding hydrogens is 464 g/mol. The third-order valence-corrected chi connectivity index (χ3v) is 7.93. The van der Waals surface area contributed by atoms with Gasteiger partial charge in [-0.25, -0.2) is 4.98 Å². The maximum atomic E-state index is 6.47. The van der Waals surface area contributed by atoms with Crippen LogP contribution in [0.5, 0.6) is 0 Å². The Balaban J connectivity index is 1.36. The first-order chi connectivity index (χ1) is 18.8. The molecule has 0 saturated carbocycles. The number of aromatic nitrogens is 2. The van der Waals surface area contributed by atoms with Crippen LogP contribution in [0.25, 0.3) is 83.1 Å². The minimum absolute atomic E-state index is 0.659. The van der Waals surface area contributed by atoms with Gasteiger partial charge in [0.05, 0.1) is 11.0 Å². The van der Waals surface area contributed by atoms with Gasteiger partial charge in [-0.3, -0.25) is 0 Å². The SMILES string of the molecule is c1ccc(-c2nc3c(o2)-c2cc(-n4c5ccccc5c5c6ccccc6ccc54)cc4cccc-3c24)cc1. The summed E-state index contributed by atoms with van der Waals surface area (Å²) in [6.07, 6.45) is 0. The molecule has 38 heavy (non-hydrogen) atoms. The Bertz CT molecular complexity index is 2230. The summed E-state index contributed by atoms with van der Waals surface area (Å²) in [5, 5.41) is 7.48. The number of para-hydroxylation sites is 1. The van der Waals surface area contributed by atoms with Crippen LogP contribution < -0.4 is 0 Å². The molecule has 1 aliphatic rings. The average Bonchev–Trinajstić information content (AvgIpc) is 3.64. The molecule has 2 aromatic heterocycles. The van der Waals surface area contributed by atoms with E-state index in [-0.39, 0.29) is 0 Å². The fourth-order valence-electron chi connectivity index (χ4n) is 6.32. The van der Waals surface area contributed by atoms with Crippen LogP contribution in [0, 0.1) is 0 Å². The highest BCUT2D eigenvalue weighted by atomic mass is 16.4.